The van der Waals surface area contributed by atoms with E-state index in [9.17, 15) is 13.5 Å². The summed E-state index contributed by atoms with van der Waals surface area (Å²) in [5, 5.41) is 13.8. The van der Waals surface area contributed by atoms with Crippen LogP contribution in [0.2, 0.25) is 10.0 Å². The summed E-state index contributed by atoms with van der Waals surface area (Å²) in [6.07, 6.45) is 1.60. The number of pyridine rings is 1. The van der Waals surface area contributed by atoms with Crippen LogP contribution in [0, 0.1) is 0 Å². The lowest BCUT2D eigenvalue weighted by molar-refractivity contribution is 0.458. The van der Waals surface area contributed by atoms with Gasteiger partial charge in [-0.3, -0.25) is 4.98 Å². The number of rotatable bonds is 5. The van der Waals surface area contributed by atoms with E-state index in [-0.39, 0.29) is 21.5 Å². The number of aromatic nitrogens is 1. The summed E-state index contributed by atoms with van der Waals surface area (Å²) in [4.78, 5) is 3.95. The molecule has 0 bridgehead atoms. The zero-order chi connectivity index (χ0) is 18.0. The van der Waals surface area contributed by atoms with Gasteiger partial charge in [0.15, 0.2) is 5.75 Å². The summed E-state index contributed by atoms with van der Waals surface area (Å²) in [5.41, 5.74) is 2.50. The van der Waals surface area contributed by atoms with Crippen molar-refractivity contribution in [2.45, 2.75) is 11.4 Å². The lowest BCUT2D eigenvalue weighted by Gasteiger charge is -2.10. The number of hydrogen-bond acceptors (Lipinski definition) is 5. The number of hydrogen-bond donors (Lipinski definition) is 2. The first kappa shape index (κ1) is 18.2. The van der Waals surface area contributed by atoms with Crippen LogP contribution in [0.4, 0.5) is 0 Å². The maximum absolute atomic E-state index is 12.4. The minimum atomic E-state index is -3.98. The standard InChI is InChI=1S/C16H12Cl2N2O3S2/c17-12-5-13(18)16(21)15(6-12)25(22,23)20-8-10-1-2-14(19-7-10)11-3-4-24-9-11/h1-7,9,20-21H,8H2. The van der Waals surface area contributed by atoms with Crippen LogP contribution in [0.1, 0.15) is 5.56 Å². The molecule has 0 atom stereocenters. The summed E-state index contributed by atoms with van der Waals surface area (Å²) in [7, 11) is -3.98. The van der Waals surface area contributed by atoms with Crippen LogP contribution >= 0.6 is 34.5 Å². The van der Waals surface area contributed by atoms with Gasteiger partial charge in [-0.25, -0.2) is 13.1 Å². The molecule has 0 spiro atoms. The third-order valence-electron chi connectivity index (χ3n) is 3.39. The molecule has 130 valence electrons. The van der Waals surface area contributed by atoms with Crippen LogP contribution < -0.4 is 4.72 Å². The number of thiophene rings is 1. The van der Waals surface area contributed by atoms with Gasteiger partial charge in [-0.2, -0.15) is 11.3 Å². The van der Waals surface area contributed by atoms with E-state index < -0.39 is 15.8 Å². The molecule has 2 N–H and O–H groups in total. The number of benzene rings is 1. The molecule has 5 nitrogen and oxygen atoms in total. The molecule has 2 heterocycles. The Morgan fingerprint density at radius 3 is 2.64 bits per heavy atom. The molecule has 0 amide bonds. The molecule has 0 saturated carbocycles. The molecule has 0 radical (unpaired) electrons. The molecule has 0 aliphatic carbocycles. The van der Waals surface area contributed by atoms with Gasteiger partial charge in [0.1, 0.15) is 4.90 Å². The summed E-state index contributed by atoms with van der Waals surface area (Å²) < 4.78 is 27.2. The molecule has 9 heteroatoms. The van der Waals surface area contributed by atoms with Crippen LogP contribution in [0.25, 0.3) is 11.3 Å². The number of aromatic hydroxyl groups is 1. The van der Waals surface area contributed by atoms with Crippen molar-refractivity contribution in [2.75, 3.05) is 0 Å². The van der Waals surface area contributed by atoms with Crippen molar-refractivity contribution < 1.29 is 13.5 Å². The zero-order valence-corrected chi connectivity index (χ0v) is 15.8. The predicted molar refractivity (Wildman–Crippen MR) is 99.7 cm³/mol. The average Bonchev–Trinajstić information content (AvgIpc) is 3.11. The van der Waals surface area contributed by atoms with Crippen LogP contribution in [-0.2, 0) is 16.6 Å². The van der Waals surface area contributed by atoms with Crippen molar-refractivity contribution in [3.05, 3.63) is 62.9 Å². The molecule has 25 heavy (non-hydrogen) atoms. The molecule has 0 fully saturated rings. The molecule has 2 aromatic heterocycles. The van der Waals surface area contributed by atoms with Crippen molar-refractivity contribution in [2.24, 2.45) is 0 Å². The van der Waals surface area contributed by atoms with Crippen molar-refractivity contribution in [3.8, 4) is 17.0 Å². The topological polar surface area (TPSA) is 79.3 Å². The van der Waals surface area contributed by atoms with Crippen molar-refractivity contribution in [1.29, 1.82) is 0 Å². The van der Waals surface area contributed by atoms with Crippen molar-refractivity contribution >= 4 is 44.6 Å². The third-order valence-corrected chi connectivity index (χ3v) is 5.99. The fourth-order valence-corrected chi connectivity index (χ4v) is 4.54. The Morgan fingerprint density at radius 1 is 1.20 bits per heavy atom. The van der Waals surface area contributed by atoms with Crippen LogP contribution in [-0.4, -0.2) is 18.5 Å². The zero-order valence-electron chi connectivity index (χ0n) is 12.6. The minimum absolute atomic E-state index is 0.0167. The van der Waals surface area contributed by atoms with Crippen molar-refractivity contribution in [3.63, 3.8) is 0 Å². The quantitative estimate of drug-likeness (QED) is 0.651. The Labute approximate surface area is 158 Å². The number of phenols is 1. The van der Waals surface area contributed by atoms with Gasteiger partial charge in [0.2, 0.25) is 10.0 Å². The van der Waals surface area contributed by atoms with E-state index in [4.69, 9.17) is 23.2 Å². The van der Waals surface area contributed by atoms with Crippen LogP contribution in [0.3, 0.4) is 0 Å². The smallest absolute Gasteiger partial charge is 0.244 e. The Bertz CT molecular complexity index is 989. The fourth-order valence-electron chi connectivity index (χ4n) is 2.11. The van der Waals surface area contributed by atoms with Crippen molar-refractivity contribution in [1.82, 2.24) is 9.71 Å². The summed E-state index contributed by atoms with van der Waals surface area (Å²) in [6, 6.07) is 7.97. The van der Waals surface area contributed by atoms with Gasteiger partial charge in [-0.1, -0.05) is 29.3 Å². The summed E-state index contributed by atoms with van der Waals surface area (Å²) in [5.74, 6) is -0.538. The van der Waals surface area contributed by atoms with Gasteiger partial charge in [-0.15, -0.1) is 0 Å². The lowest BCUT2D eigenvalue weighted by atomic mass is 10.2. The first-order valence-electron chi connectivity index (χ1n) is 7.02. The first-order chi connectivity index (χ1) is 11.9. The molecule has 0 unspecified atom stereocenters. The van der Waals surface area contributed by atoms with Crippen LogP contribution in [0.5, 0.6) is 5.75 Å². The monoisotopic (exact) mass is 414 g/mol. The highest BCUT2D eigenvalue weighted by molar-refractivity contribution is 7.89. The van der Waals surface area contributed by atoms with E-state index in [0.717, 1.165) is 17.3 Å². The molecule has 0 saturated heterocycles. The largest absolute Gasteiger partial charge is 0.505 e. The van der Waals surface area contributed by atoms with Gasteiger partial charge < -0.3 is 5.11 Å². The number of nitrogens with one attached hydrogen (secondary N) is 1. The molecule has 3 rings (SSSR count). The Morgan fingerprint density at radius 2 is 2.00 bits per heavy atom. The molecular weight excluding hydrogens is 403 g/mol. The van der Waals surface area contributed by atoms with Crippen LogP contribution in [0.15, 0.2) is 52.2 Å². The predicted octanol–water partition coefficient (Wildman–Crippen LogP) is 4.30. The maximum Gasteiger partial charge on any atom is 0.244 e. The van der Waals surface area contributed by atoms with E-state index in [2.05, 4.69) is 9.71 Å². The SMILES string of the molecule is O=S(=O)(NCc1ccc(-c2ccsc2)nc1)c1cc(Cl)cc(Cl)c1O. The number of sulfonamides is 1. The van der Waals surface area contributed by atoms with E-state index in [1.807, 2.05) is 22.9 Å². The third kappa shape index (κ3) is 4.13. The van der Waals surface area contributed by atoms with E-state index in [1.54, 1.807) is 23.6 Å². The lowest BCUT2D eigenvalue weighted by Crippen LogP contribution is -2.23. The summed E-state index contributed by atoms with van der Waals surface area (Å²) >= 11 is 13.2. The Hall–Kier alpha value is -1.64. The fraction of sp³-hybridized carbons (Fsp3) is 0.0625. The second-order valence-corrected chi connectivity index (χ2v) is 8.48. The summed E-state index contributed by atoms with van der Waals surface area (Å²) in [6.45, 7) is 0.0167. The molecule has 0 aliphatic rings. The first-order valence-corrected chi connectivity index (χ1v) is 10.2. The normalized spacial score (nSPS) is 11.6. The van der Waals surface area contributed by atoms with E-state index >= 15 is 0 Å². The van der Waals surface area contributed by atoms with Gasteiger partial charge in [0.25, 0.3) is 0 Å². The van der Waals surface area contributed by atoms with Gasteiger partial charge in [-0.05, 0) is 35.2 Å². The molecule has 3 aromatic rings. The Balaban J connectivity index is 1.77. The average molecular weight is 415 g/mol. The molecule has 0 aliphatic heterocycles. The second-order valence-electron chi connectivity index (χ2n) is 5.12. The Kier molecular flexibility index (Phi) is 5.31. The van der Waals surface area contributed by atoms with E-state index in [1.165, 1.54) is 6.07 Å². The minimum Gasteiger partial charge on any atom is -0.505 e. The molecule has 1 aromatic carbocycles. The highest BCUT2D eigenvalue weighted by Crippen LogP contribution is 2.34. The van der Waals surface area contributed by atoms with Gasteiger partial charge in [0, 0.05) is 28.7 Å². The number of phenolic OH excluding ortho intramolecular Hbond substituents is 1. The van der Waals surface area contributed by atoms with Gasteiger partial charge >= 0.3 is 0 Å². The maximum atomic E-state index is 12.4. The van der Waals surface area contributed by atoms with E-state index in [0.29, 0.717) is 5.56 Å². The molecular formula is C16H12Cl2N2O3S2. The number of halogens is 2. The second kappa shape index (κ2) is 7.31. The van der Waals surface area contributed by atoms with Gasteiger partial charge in [0.05, 0.1) is 10.7 Å². The highest BCUT2D eigenvalue weighted by atomic mass is 35.5. The highest BCUT2D eigenvalue weighted by Gasteiger charge is 2.21. The number of nitrogens with zero attached hydrogens (tertiary/aromatic N) is 1.